The lowest BCUT2D eigenvalue weighted by Crippen LogP contribution is -2.01. The SMILES string of the molecule is COc1cc(Cl)c(C)cc1NCc1nnc(-c2ccccc2)s1. The Balaban J connectivity index is 1.74. The van der Waals surface area contributed by atoms with Gasteiger partial charge >= 0.3 is 0 Å². The number of anilines is 1. The summed E-state index contributed by atoms with van der Waals surface area (Å²) in [6, 6.07) is 13.8. The van der Waals surface area contributed by atoms with E-state index in [9.17, 15) is 0 Å². The van der Waals surface area contributed by atoms with Gasteiger partial charge in [0.1, 0.15) is 15.8 Å². The normalized spacial score (nSPS) is 10.6. The highest BCUT2D eigenvalue weighted by molar-refractivity contribution is 7.14. The zero-order valence-electron chi connectivity index (χ0n) is 12.8. The second-order valence-corrected chi connectivity index (χ2v) is 6.49. The molecule has 0 radical (unpaired) electrons. The van der Waals surface area contributed by atoms with E-state index in [4.69, 9.17) is 16.3 Å². The van der Waals surface area contributed by atoms with Crippen LogP contribution < -0.4 is 10.1 Å². The topological polar surface area (TPSA) is 47.0 Å². The van der Waals surface area contributed by atoms with Crippen LogP contribution in [0.4, 0.5) is 5.69 Å². The molecule has 0 unspecified atom stereocenters. The van der Waals surface area contributed by atoms with Crippen LogP contribution in [0.5, 0.6) is 5.75 Å². The molecule has 3 rings (SSSR count). The second-order valence-electron chi connectivity index (χ2n) is 5.02. The lowest BCUT2D eigenvalue weighted by molar-refractivity contribution is 0.416. The molecule has 4 nitrogen and oxygen atoms in total. The number of methoxy groups -OCH3 is 1. The standard InChI is InChI=1S/C17H16ClN3OS/c1-11-8-14(15(22-2)9-13(11)18)19-10-16-20-21-17(23-16)12-6-4-3-5-7-12/h3-9,19H,10H2,1-2H3. The third-order valence-electron chi connectivity index (χ3n) is 3.40. The molecule has 3 aromatic rings. The van der Waals surface area contributed by atoms with Crippen LogP contribution in [-0.2, 0) is 6.54 Å². The number of nitrogens with zero attached hydrogens (tertiary/aromatic N) is 2. The summed E-state index contributed by atoms with van der Waals surface area (Å²) >= 11 is 7.70. The molecular weight excluding hydrogens is 330 g/mol. The summed E-state index contributed by atoms with van der Waals surface area (Å²) < 4.78 is 5.36. The Morgan fingerprint density at radius 3 is 2.70 bits per heavy atom. The first-order valence-electron chi connectivity index (χ1n) is 7.13. The lowest BCUT2D eigenvalue weighted by Gasteiger charge is -2.12. The highest BCUT2D eigenvalue weighted by atomic mass is 35.5. The fourth-order valence-electron chi connectivity index (χ4n) is 2.16. The molecule has 0 amide bonds. The van der Waals surface area contributed by atoms with E-state index < -0.39 is 0 Å². The maximum atomic E-state index is 6.12. The van der Waals surface area contributed by atoms with E-state index in [1.54, 1.807) is 18.4 Å². The molecule has 1 N–H and O–H groups in total. The van der Waals surface area contributed by atoms with Gasteiger partial charge in [-0.2, -0.15) is 0 Å². The number of nitrogens with one attached hydrogen (secondary N) is 1. The van der Waals surface area contributed by atoms with Crippen molar-refractivity contribution >= 4 is 28.6 Å². The van der Waals surface area contributed by atoms with Crippen molar-refractivity contribution in [2.24, 2.45) is 0 Å². The van der Waals surface area contributed by atoms with Crippen molar-refractivity contribution in [2.45, 2.75) is 13.5 Å². The van der Waals surface area contributed by atoms with Crippen molar-refractivity contribution in [3.63, 3.8) is 0 Å². The summed E-state index contributed by atoms with van der Waals surface area (Å²) in [4.78, 5) is 0. The molecule has 1 aromatic heterocycles. The molecule has 0 fully saturated rings. The first-order valence-corrected chi connectivity index (χ1v) is 8.32. The predicted molar refractivity (Wildman–Crippen MR) is 95.4 cm³/mol. The Morgan fingerprint density at radius 2 is 1.96 bits per heavy atom. The van der Waals surface area contributed by atoms with Gasteiger partial charge < -0.3 is 10.1 Å². The smallest absolute Gasteiger partial charge is 0.147 e. The van der Waals surface area contributed by atoms with Crippen molar-refractivity contribution in [3.8, 4) is 16.3 Å². The number of aryl methyl sites for hydroxylation is 1. The average molecular weight is 346 g/mol. The van der Waals surface area contributed by atoms with E-state index in [0.29, 0.717) is 17.3 Å². The summed E-state index contributed by atoms with van der Waals surface area (Å²) in [5, 5.41) is 14.4. The molecule has 0 saturated carbocycles. The van der Waals surface area contributed by atoms with Gasteiger partial charge in [-0.3, -0.25) is 0 Å². The first-order chi connectivity index (χ1) is 11.2. The van der Waals surface area contributed by atoms with E-state index in [2.05, 4.69) is 15.5 Å². The number of benzene rings is 2. The monoisotopic (exact) mass is 345 g/mol. The molecule has 23 heavy (non-hydrogen) atoms. The van der Waals surface area contributed by atoms with Gasteiger partial charge in [-0.15, -0.1) is 10.2 Å². The van der Waals surface area contributed by atoms with E-state index in [0.717, 1.165) is 26.8 Å². The number of ether oxygens (including phenoxy) is 1. The Labute approximate surface area is 144 Å². The molecule has 6 heteroatoms. The van der Waals surface area contributed by atoms with Gasteiger partial charge in [0.2, 0.25) is 0 Å². The van der Waals surface area contributed by atoms with E-state index in [-0.39, 0.29) is 0 Å². The van der Waals surface area contributed by atoms with Gasteiger partial charge in [0.05, 0.1) is 19.3 Å². The summed E-state index contributed by atoms with van der Waals surface area (Å²) in [5.74, 6) is 0.716. The van der Waals surface area contributed by atoms with E-state index in [1.807, 2.05) is 49.4 Å². The quantitative estimate of drug-likeness (QED) is 0.722. The van der Waals surface area contributed by atoms with Gasteiger partial charge in [-0.05, 0) is 18.6 Å². The molecule has 0 atom stereocenters. The zero-order valence-corrected chi connectivity index (χ0v) is 14.4. The maximum Gasteiger partial charge on any atom is 0.147 e. The Morgan fingerprint density at radius 1 is 1.17 bits per heavy atom. The van der Waals surface area contributed by atoms with Gasteiger partial charge in [0, 0.05) is 16.7 Å². The molecule has 118 valence electrons. The molecule has 0 saturated heterocycles. The number of rotatable bonds is 5. The van der Waals surface area contributed by atoms with E-state index >= 15 is 0 Å². The van der Waals surface area contributed by atoms with Crippen LogP contribution in [0.3, 0.4) is 0 Å². The summed E-state index contributed by atoms with van der Waals surface area (Å²) in [6.07, 6.45) is 0. The Kier molecular flexibility index (Phi) is 4.79. The second kappa shape index (κ2) is 6.98. The lowest BCUT2D eigenvalue weighted by atomic mass is 10.2. The third-order valence-corrected chi connectivity index (χ3v) is 4.78. The number of aromatic nitrogens is 2. The largest absolute Gasteiger partial charge is 0.495 e. The van der Waals surface area contributed by atoms with Gasteiger partial charge in [0.15, 0.2) is 0 Å². The Bertz CT molecular complexity index is 805. The van der Waals surface area contributed by atoms with Crippen LogP contribution in [0, 0.1) is 6.92 Å². The highest BCUT2D eigenvalue weighted by Gasteiger charge is 2.09. The molecule has 0 aliphatic rings. The van der Waals surface area contributed by atoms with Crippen molar-refractivity contribution in [1.29, 1.82) is 0 Å². The minimum atomic E-state index is 0.585. The molecule has 0 spiro atoms. The number of hydrogen-bond donors (Lipinski definition) is 1. The average Bonchev–Trinajstić information content (AvgIpc) is 3.05. The van der Waals surface area contributed by atoms with Crippen molar-refractivity contribution in [1.82, 2.24) is 10.2 Å². The number of halogens is 1. The highest BCUT2D eigenvalue weighted by Crippen LogP contribution is 2.31. The van der Waals surface area contributed by atoms with Gasteiger partial charge in [-0.1, -0.05) is 53.3 Å². The molecule has 0 aliphatic heterocycles. The molecule has 1 heterocycles. The van der Waals surface area contributed by atoms with Crippen LogP contribution in [-0.4, -0.2) is 17.3 Å². The molecular formula is C17H16ClN3OS. The first kappa shape index (κ1) is 15.8. The summed E-state index contributed by atoms with van der Waals surface area (Å²) in [6.45, 7) is 2.55. The van der Waals surface area contributed by atoms with Crippen molar-refractivity contribution in [2.75, 3.05) is 12.4 Å². The van der Waals surface area contributed by atoms with Gasteiger partial charge in [-0.25, -0.2) is 0 Å². The summed E-state index contributed by atoms with van der Waals surface area (Å²) in [7, 11) is 1.63. The van der Waals surface area contributed by atoms with E-state index in [1.165, 1.54) is 0 Å². The van der Waals surface area contributed by atoms with Crippen LogP contribution in [0.1, 0.15) is 10.6 Å². The zero-order chi connectivity index (χ0) is 16.2. The predicted octanol–water partition coefficient (Wildman–Crippen LogP) is 4.79. The van der Waals surface area contributed by atoms with Crippen LogP contribution in [0.2, 0.25) is 5.02 Å². The fourth-order valence-corrected chi connectivity index (χ4v) is 3.10. The maximum absolute atomic E-state index is 6.12. The fraction of sp³-hybridized carbons (Fsp3) is 0.176. The molecule has 0 bridgehead atoms. The summed E-state index contributed by atoms with van der Waals surface area (Å²) in [5.41, 5.74) is 2.97. The minimum Gasteiger partial charge on any atom is -0.495 e. The minimum absolute atomic E-state index is 0.585. The van der Waals surface area contributed by atoms with Crippen LogP contribution in [0.25, 0.3) is 10.6 Å². The van der Waals surface area contributed by atoms with Crippen LogP contribution >= 0.6 is 22.9 Å². The number of hydrogen-bond acceptors (Lipinski definition) is 5. The Hall–Kier alpha value is -2.11. The molecule has 2 aromatic carbocycles. The van der Waals surface area contributed by atoms with Gasteiger partial charge in [0.25, 0.3) is 0 Å². The third kappa shape index (κ3) is 3.63. The van der Waals surface area contributed by atoms with Crippen LogP contribution in [0.15, 0.2) is 42.5 Å². The van der Waals surface area contributed by atoms with Crippen molar-refractivity contribution in [3.05, 3.63) is 58.1 Å². The van der Waals surface area contributed by atoms with Crippen molar-refractivity contribution < 1.29 is 4.74 Å². The molecule has 0 aliphatic carbocycles.